The van der Waals surface area contributed by atoms with Crippen molar-refractivity contribution < 1.29 is 27.1 Å². The number of carbonyl (C=O) groups excluding carboxylic acids is 1. The van der Waals surface area contributed by atoms with Crippen LogP contribution in [0.15, 0.2) is 24.3 Å². The normalized spacial score (nSPS) is 14.8. The molecule has 8 heteroatoms. The summed E-state index contributed by atoms with van der Waals surface area (Å²) >= 11 is 5.60. The highest BCUT2D eigenvalue weighted by Crippen LogP contribution is 2.36. The van der Waals surface area contributed by atoms with Crippen molar-refractivity contribution in [3.05, 3.63) is 29.3 Å². The summed E-state index contributed by atoms with van der Waals surface area (Å²) in [4.78, 5) is 11.4. The zero-order valence-electron chi connectivity index (χ0n) is 9.72. The van der Waals surface area contributed by atoms with Crippen molar-refractivity contribution >= 4 is 23.2 Å². The highest BCUT2D eigenvalue weighted by molar-refractivity contribution is 6.30. The van der Waals surface area contributed by atoms with E-state index in [1.54, 1.807) is 5.32 Å². The van der Waals surface area contributed by atoms with Gasteiger partial charge >= 0.3 is 12.0 Å². The minimum Gasteiger partial charge on any atom is -0.332 e. The molecule has 1 atom stereocenters. The van der Waals surface area contributed by atoms with Gasteiger partial charge in [-0.3, -0.25) is 4.79 Å². The summed E-state index contributed by atoms with van der Waals surface area (Å²) in [5.41, 5.74) is -0.0662. The Balaban J connectivity index is 2.96. The molecule has 0 unspecified atom stereocenters. The molecule has 0 aliphatic heterocycles. The molecule has 1 N–H and O–H groups in total. The van der Waals surface area contributed by atoms with E-state index in [-0.39, 0.29) is 10.7 Å². The predicted molar refractivity (Wildman–Crippen MR) is 61.6 cm³/mol. The topological polar surface area (TPSA) is 38.3 Å². The lowest BCUT2D eigenvalue weighted by molar-refractivity contribution is -0.311. The molecule has 1 rings (SSSR count). The van der Waals surface area contributed by atoms with E-state index in [1.165, 1.54) is 24.3 Å². The lowest BCUT2D eigenvalue weighted by Gasteiger charge is -2.26. The lowest BCUT2D eigenvalue weighted by Crippen LogP contribution is -2.53. The van der Waals surface area contributed by atoms with Gasteiger partial charge in [0.25, 0.3) is 5.91 Å². The number of nitrogens with one attached hydrogen (secondary N) is 1. The minimum absolute atomic E-state index is 0.0662. The summed E-state index contributed by atoms with van der Waals surface area (Å²) in [6.45, 7) is 0.533. The van der Waals surface area contributed by atoms with Crippen molar-refractivity contribution in [2.24, 2.45) is 0 Å². The highest BCUT2D eigenvalue weighted by Gasteiger charge is 2.63. The second-order valence-electron chi connectivity index (χ2n) is 3.49. The first-order valence-electron chi connectivity index (χ1n) is 5.17. The maximum Gasteiger partial charge on any atom is 0.458 e. The Bertz CT molecular complexity index is 466. The number of hydrogen-bond acceptors (Lipinski definition) is 2. The third-order valence-corrected chi connectivity index (χ3v) is 2.32. The van der Waals surface area contributed by atoms with Gasteiger partial charge in [-0.15, -0.1) is 0 Å². The molecule has 0 radical (unpaired) electrons. The Labute approximate surface area is 111 Å². The van der Waals surface area contributed by atoms with E-state index in [0.29, 0.717) is 0 Å². The molecule has 3 nitrogen and oxygen atoms in total. The Morgan fingerprint density at radius 3 is 2.47 bits per heavy atom. The van der Waals surface area contributed by atoms with Crippen LogP contribution in [0.1, 0.15) is 6.92 Å². The van der Waals surface area contributed by atoms with E-state index in [2.05, 4.69) is 4.74 Å². The number of alkyl halides is 4. The van der Waals surface area contributed by atoms with Crippen molar-refractivity contribution in [1.29, 1.82) is 0 Å². The number of anilines is 1. The first-order valence-corrected chi connectivity index (χ1v) is 5.55. The van der Waals surface area contributed by atoms with Crippen molar-refractivity contribution in [2.45, 2.75) is 19.0 Å². The van der Waals surface area contributed by atoms with Gasteiger partial charge in [-0.05, 0) is 25.1 Å². The zero-order valence-corrected chi connectivity index (χ0v) is 10.5. The largest absolute Gasteiger partial charge is 0.458 e. The van der Waals surface area contributed by atoms with Crippen LogP contribution in [0.4, 0.5) is 23.2 Å². The van der Waals surface area contributed by atoms with Gasteiger partial charge < -0.3 is 10.1 Å². The molecule has 1 amide bonds. The Morgan fingerprint density at radius 2 is 2.00 bits per heavy atom. The van der Waals surface area contributed by atoms with E-state index in [1.807, 2.05) is 0 Å². The van der Waals surface area contributed by atoms with Gasteiger partial charge in [0.1, 0.15) is 0 Å². The molecule has 0 aliphatic rings. The molecule has 19 heavy (non-hydrogen) atoms. The molecular formula is C11H10ClF4NO2. The van der Waals surface area contributed by atoms with Crippen molar-refractivity contribution in [3.8, 4) is 0 Å². The number of hydrogen-bond donors (Lipinski definition) is 1. The fourth-order valence-electron chi connectivity index (χ4n) is 1.25. The second kappa shape index (κ2) is 5.75. The second-order valence-corrected chi connectivity index (χ2v) is 3.93. The van der Waals surface area contributed by atoms with Crippen LogP contribution < -0.4 is 5.32 Å². The first kappa shape index (κ1) is 15.7. The summed E-state index contributed by atoms with van der Waals surface area (Å²) in [6.07, 6.45) is -5.48. The number of amides is 1. The maximum atomic E-state index is 13.7. The smallest absolute Gasteiger partial charge is 0.332 e. The number of ether oxygens (including phenoxy) is 1. The standard InChI is InChI=1S/C11H10ClF4NO2/c1-2-19-10(13,11(14,15)16)9(18)17-8-5-3-4-7(12)6-8/h3-6H,2H2,1H3,(H,17,18)/t10-/m0/s1. The lowest BCUT2D eigenvalue weighted by atomic mass is 10.2. The fraction of sp³-hybridized carbons (Fsp3) is 0.364. The van der Waals surface area contributed by atoms with E-state index >= 15 is 0 Å². The molecule has 0 aromatic heterocycles. The van der Waals surface area contributed by atoms with Gasteiger partial charge in [0.05, 0.1) is 0 Å². The summed E-state index contributed by atoms with van der Waals surface area (Å²) < 4.78 is 55.2. The molecule has 106 valence electrons. The highest BCUT2D eigenvalue weighted by atomic mass is 35.5. The average Bonchev–Trinajstić information content (AvgIpc) is 2.27. The molecule has 1 aromatic rings. The molecule has 0 spiro atoms. The summed E-state index contributed by atoms with van der Waals surface area (Å²) in [7, 11) is 0. The van der Waals surface area contributed by atoms with Crippen molar-refractivity contribution in [3.63, 3.8) is 0 Å². The number of carbonyl (C=O) groups is 1. The van der Waals surface area contributed by atoms with Crippen LogP contribution in [0, 0.1) is 0 Å². The summed E-state index contributed by atoms with van der Waals surface area (Å²) in [6, 6.07) is 5.30. The van der Waals surface area contributed by atoms with Gasteiger partial charge in [-0.1, -0.05) is 17.7 Å². The Morgan fingerprint density at radius 1 is 1.37 bits per heavy atom. The first-order chi connectivity index (χ1) is 8.70. The van der Waals surface area contributed by atoms with Gasteiger partial charge in [-0.25, -0.2) is 0 Å². The Hall–Kier alpha value is -1.34. The van der Waals surface area contributed by atoms with Crippen LogP contribution in [-0.4, -0.2) is 24.5 Å². The summed E-state index contributed by atoms with van der Waals surface area (Å²) in [5, 5.41) is 1.96. The molecule has 0 saturated heterocycles. The average molecular weight is 300 g/mol. The zero-order chi connectivity index (χ0) is 14.7. The van der Waals surface area contributed by atoms with Crippen molar-refractivity contribution in [2.75, 3.05) is 11.9 Å². The summed E-state index contributed by atoms with van der Waals surface area (Å²) in [5.74, 6) is -6.35. The third kappa shape index (κ3) is 3.57. The van der Waals surface area contributed by atoms with Crippen molar-refractivity contribution in [1.82, 2.24) is 0 Å². The SMILES string of the molecule is CCO[C@@](F)(C(=O)Nc1cccc(Cl)c1)C(F)(F)F. The van der Waals surface area contributed by atoms with Gasteiger partial charge in [0, 0.05) is 17.3 Å². The number of halogens is 5. The van der Waals surface area contributed by atoms with Crippen LogP contribution in [-0.2, 0) is 9.53 Å². The monoisotopic (exact) mass is 299 g/mol. The molecular weight excluding hydrogens is 290 g/mol. The molecule has 0 fully saturated rings. The Kier molecular flexibility index (Phi) is 4.75. The van der Waals surface area contributed by atoms with Gasteiger partial charge in [-0.2, -0.15) is 17.6 Å². The van der Waals surface area contributed by atoms with Crippen LogP contribution in [0.3, 0.4) is 0 Å². The van der Waals surface area contributed by atoms with E-state index in [9.17, 15) is 22.4 Å². The molecule has 1 aromatic carbocycles. The molecule has 0 saturated carbocycles. The molecule has 0 heterocycles. The predicted octanol–water partition coefficient (Wildman–Crippen LogP) is 3.54. The fourth-order valence-corrected chi connectivity index (χ4v) is 1.44. The quantitative estimate of drug-likeness (QED) is 0.864. The number of rotatable bonds is 4. The van der Waals surface area contributed by atoms with Gasteiger partial charge in [0.2, 0.25) is 0 Å². The van der Waals surface area contributed by atoms with E-state index in [4.69, 9.17) is 11.6 Å². The van der Waals surface area contributed by atoms with Crippen LogP contribution in [0.5, 0.6) is 0 Å². The maximum absolute atomic E-state index is 13.7. The molecule has 0 bridgehead atoms. The van der Waals surface area contributed by atoms with E-state index in [0.717, 1.165) is 6.92 Å². The van der Waals surface area contributed by atoms with Crippen LogP contribution in [0.2, 0.25) is 5.02 Å². The minimum atomic E-state index is -5.48. The van der Waals surface area contributed by atoms with Gasteiger partial charge in [0.15, 0.2) is 0 Å². The molecule has 0 aliphatic carbocycles. The van der Waals surface area contributed by atoms with E-state index < -0.39 is 24.5 Å². The van der Waals surface area contributed by atoms with Crippen LogP contribution >= 0.6 is 11.6 Å². The third-order valence-electron chi connectivity index (χ3n) is 2.08. The number of benzene rings is 1. The van der Waals surface area contributed by atoms with Crippen LogP contribution in [0.25, 0.3) is 0 Å².